The third-order valence-electron chi connectivity index (χ3n) is 5.84. The summed E-state index contributed by atoms with van der Waals surface area (Å²) in [7, 11) is 6.08. The summed E-state index contributed by atoms with van der Waals surface area (Å²) in [6.07, 6.45) is 1.68. The fourth-order valence-corrected chi connectivity index (χ4v) is 5.24. The van der Waals surface area contributed by atoms with Crippen LogP contribution >= 0.6 is 11.3 Å². The SMILES string of the molecule is COc1ccc(/C=c2\sc3n(c2=O)C(N)=C(C#N)[C@@H](c2ccc(OC)c(OC)c2)C=3C#N)cc1OC. The van der Waals surface area contributed by atoms with Crippen molar-refractivity contribution in [1.82, 2.24) is 4.57 Å². The maximum atomic E-state index is 13.4. The van der Waals surface area contributed by atoms with Gasteiger partial charge in [0.1, 0.15) is 10.5 Å². The molecule has 0 saturated carbocycles. The van der Waals surface area contributed by atoms with Gasteiger partial charge in [-0.3, -0.25) is 9.36 Å². The molecule has 2 N–H and O–H groups in total. The zero-order chi connectivity index (χ0) is 26.0. The van der Waals surface area contributed by atoms with Gasteiger partial charge in [0.15, 0.2) is 23.0 Å². The number of hydrogen-bond donors (Lipinski definition) is 1. The van der Waals surface area contributed by atoms with Gasteiger partial charge in [-0.25, -0.2) is 0 Å². The van der Waals surface area contributed by atoms with Crippen molar-refractivity contribution in [1.29, 1.82) is 10.5 Å². The summed E-state index contributed by atoms with van der Waals surface area (Å²) in [6.45, 7) is 0. The first-order valence-electron chi connectivity index (χ1n) is 10.6. The van der Waals surface area contributed by atoms with Crippen LogP contribution in [0.1, 0.15) is 17.0 Å². The van der Waals surface area contributed by atoms with E-state index in [0.29, 0.717) is 43.3 Å². The predicted molar refractivity (Wildman–Crippen MR) is 135 cm³/mol. The molecule has 1 aliphatic rings. The van der Waals surface area contributed by atoms with Crippen LogP contribution in [0.15, 0.2) is 46.8 Å². The lowest BCUT2D eigenvalue weighted by molar-refractivity contribution is 0.354. The van der Waals surface area contributed by atoms with E-state index in [9.17, 15) is 15.3 Å². The van der Waals surface area contributed by atoms with Crippen molar-refractivity contribution in [3.8, 4) is 35.1 Å². The Morgan fingerprint density at radius 3 is 2.06 bits per heavy atom. The van der Waals surface area contributed by atoms with E-state index in [1.807, 2.05) is 0 Å². The van der Waals surface area contributed by atoms with E-state index in [-0.39, 0.29) is 17.0 Å². The Bertz CT molecular complexity index is 1650. The van der Waals surface area contributed by atoms with E-state index in [0.717, 1.165) is 11.3 Å². The Hall–Kier alpha value is -4.67. The number of ether oxygens (including phenoxy) is 4. The van der Waals surface area contributed by atoms with Crippen molar-refractivity contribution < 1.29 is 18.9 Å². The molecule has 0 saturated heterocycles. The van der Waals surface area contributed by atoms with Crippen molar-refractivity contribution in [2.24, 2.45) is 5.73 Å². The summed E-state index contributed by atoms with van der Waals surface area (Å²) >= 11 is 1.13. The number of benzene rings is 2. The number of nitriles is 2. The topological polar surface area (TPSA) is 133 Å². The van der Waals surface area contributed by atoms with E-state index < -0.39 is 11.5 Å². The first kappa shape index (κ1) is 24.5. The van der Waals surface area contributed by atoms with Gasteiger partial charge in [-0.1, -0.05) is 12.1 Å². The summed E-state index contributed by atoms with van der Waals surface area (Å²) in [4.78, 5) is 13.4. The fraction of sp³-hybridized carbons (Fsp3) is 0.192. The molecule has 2 heterocycles. The number of fused-ring (bicyclic) bond motifs is 1. The monoisotopic (exact) mass is 502 g/mol. The van der Waals surface area contributed by atoms with Crippen molar-refractivity contribution >= 4 is 28.8 Å². The molecule has 0 aliphatic carbocycles. The number of nitrogens with two attached hydrogens (primary N) is 1. The number of allylic oxidation sites excluding steroid dienone is 1. The maximum Gasteiger partial charge on any atom is 0.274 e. The quantitative estimate of drug-likeness (QED) is 0.540. The van der Waals surface area contributed by atoms with Gasteiger partial charge in [-0.05, 0) is 41.5 Å². The van der Waals surface area contributed by atoms with E-state index in [1.165, 1.54) is 33.0 Å². The molecule has 1 atom stereocenters. The smallest absolute Gasteiger partial charge is 0.274 e. The van der Waals surface area contributed by atoms with E-state index in [4.69, 9.17) is 24.7 Å². The van der Waals surface area contributed by atoms with Gasteiger partial charge in [0.2, 0.25) is 0 Å². The molecule has 0 unspecified atom stereocenters. The molecule has 0 spiro atoms. The third-order valence-corrected chi connectivity index (χ3v) is 6.94. The molecule has 0 amide bonds. The Morgan fingerprint density at radius 1 is 0.889 bits per heavy atom. The Labute approximate surface area is 210 Å². The first-order chi connectivity index (χ1) is 17.4. The number of nitrogens with zero attached hydrogens (tertiary/aromatic N) is 3. The third kappa shape index (κ3) is 3.94. The number of methoxy groups -OCH3 is 4. The average Bonchev–Trinajstić information content (AvgIpc) is 3.23. The van der Waals surface area contributed by atoms with Gasteiger partial charge in [-0.2, -0.15) is 10.5 Å². The Kier molecular flexibility index (Phi) is 6.73. The second kappa shape index (κ2) is 9.90. The maximum absolute atomic E-state index is 13.4. The van der Waals surface area contributed by atoms with Crippen LogP contribution in [0.25, 0.3) is 17.5 Å². The highest BCUT2D eigenvalue weighted by Crippen LogP contribution is 2.39. The molecule has 0 fully saturated rings. The molecular weight excluding hydrogens is 480 g/mol. The molecule has 0 radical (unpaired) electrons. The fourth-order valence-electron chi connectivity index (χ4n) is 4.11. The summed E-state index contributed by atoms with van der Waals surface area (Å²) < 4.78 is 23.3. The average molecular weight is 503 g/mol. The molecule has 4 rings (SSSR count). The second-order valence-electron chi connectivity index (χ2n) is 7.65. The number of thiazole rings is 1. The minimum Gasteiger partial charge on any atom is -0.493 e. The van der Waals surface area contributed by atoms with Crippen LogP contribution in [0.5, 0.6) is 23.0 Å². The van der Waals surface area contributed by atoms with Crippen LogP contribution in [0, 0.1) is 22.7 Å². The number of aromatic nitrogens is 1. The van der Waals surface area contributed by atoms with Crippen LogP contribution in [-0.2, 0) is 0 Å². The van der Waals surface area contributed by atoms with Crippen LogP contribution in [0.3, 0.4) is 0 Å². The summed E-state index contributed by atoms with van der Waals surface area (Å²) in [5, 5.41) is 20.1. The molecule has 2 aromatic carbocycles. The molecule has 0 bridgehead atoms. The van der Waals surface area contributed by atoms with Gasteiger partial charge >= 0.3 is 0 Å². The summed E-state index contributed by atoms with van der Waals surface area (Å²) in [6, 6.07) is 14.7. The van der Waals surface area contributed by atoms with Gasteiger partial charge in [-0.15, -0.1) is 11.3 Å². The molecule has 182 valence electrons. The largest absolute Gasteiger partial charge is 0.493 e. The van der Waals surface area contributed by atoms with E-state index in [2.05, 4.69) is 12.1 Å². The lowest BCUT2D eigenvalue weighted by Crippen LogP contribution is -2.38. The molecule has 10 heteroatoms. The molecule has 3 aromatic rings. The van der Waals surface area contributed by atoms with Crippen molar-refractivity contribution in [3.05, 3.63) is 72.6 Å². The molecular formula is C26H22N4O5S. The Morgan fingerprint density at radius 2 is 1.47 bits per heavy atom. The number of hydrogen-bond acceptors (Lipinski definition) is 9. The highest BCUT2D eigenvalue weighted by Gasteiger charge is 2.32. The van der Waals surface area contributed by atoms with Gasteiger partial charge in [0.25, 0.3) is 5.56 Å². The summed E-state index contributed by atoms with van der Waals surface area (Å²) in [5.41, 5.74) is 7.59. The zero-order valence-electron chi connectivity index (χ0n) is 20.0. The molecule has 1 aromatic heterocycles. The lowest BCUT2D eigenvalue weighted by Gasteiger charge is -2.23. The molecule has 9 nitrogen and oxygen atoms in total. The highest BCUT2D eigenvalue weighted by molar-refractivity contribution is 7.07. The highest BCUT2D eigenvalue weighted by atomic mass is 32.1. The van der Waals surface area contributed by atoms with Gasteiger partial charge in [0, 0.05) is 0 Å². The van der Waals surface area contributed by atoms with Crippen molar-refractivity contribution in [2.45, 2.75) is 5.92 Å². The van der Waals surface area contributed by atoms with Crippen molar-refractivity contribution in [2.75, 3.05) is 28.4 Å². The Balaban J connectivity index is 1.99. The zero-order valence-corrected chi connectivity index (χ0v) is 20.8. The van der Waals surface area contributed by atoms with Crippen LogP contribution in [-0.4, -0.2) is 33.0 Å². The minimum absolute atomic E-state index is 0.0144. The van der Waals surface area contributed by atoms with E-state index in [1.54, 1.807) is 42.5 Å². The first-order valence-corrected chi connectivity index (χ1v) is 11.5. The van der Waals surface area contributed by atoms with Crippen LogP contribution in [0.4, 0.5) is 0 Å². The lowest BCUT2D eigenvalue weighted by atomic mass is 9.84. The predicted octanol–water partition coefficient (Wildman–Crippen LogP) is 1.90. The second-order valence-corrected chi connectivity index (χ2v) is 8.69. The molecule has 36 heavy (non-hydrogen) atoms. The number of rotatable bonds is 6. The molecule has 1 aliphatic heterocycles. The minimum atomic E-state index is -0.771. The van der Waals surface area contributed by atoms with Crippen LogP contribution in [0.2, 0.25) is 0 Å². The van der Waals surface area contributed by atoms with Crippen LogP contribution < -0.4 is 39.4 Å². The van der Waals surface area contributed by atoms with E-state index >= 15 is 0 Å². The van der Waals surface area contributed by atoms with Crippen molar-refractivity contribution in [3.63, 3.8) is 0 Å². The van der Waals surface area contributed by atoms with Gasteiger partial charge < -0.3 is 24.7 Å². The standard InChI is InChI=1S/C26H22N4O5S/c1-32-18-7-5-14(9-20(18)34-3)10-22-25(31)30-24(29)16(12-27)23(17(13-28)26(30)36-22)15-6-8-19(33-2)21(11-15)35-4/h5-11,23H,29H2,1-4H3/b22-10-/t23-/m1/s1. The normalized spacial score (nSPS) is 15.1. The van der Waals surface area contributed by atoms with Gasteiger partial charge in [0.05, 0.1) is 62.2 Å². The summed E-state index contributed by atoms with van der Waals surface area (Å²) in [5.74, 6) is 1.23.